The maximum atomic E-state index is 13.0. The van der Waals surface area contributed by atoms with Crippen LogP contribution < -0.4 is 10.2 Å². The molecule has 0 unspecified atom stereocenters. The van der Waals surface area contributed by atoms with E-state index < -0.39 is 4.92 Å². The topological polar surface area (TPSA) is 91.6 Å². The van der Waals surface area contributed by atoms with Crippen LogP contribution in [-0.2, 0) is 0 Å². The van der Waals surface area contributed by atoms with E-state index in [4.69, 9.17) is 0 Å². The van der Waals surface area contributed by atoms with Crippen LogP contribution in [0.25, 0.3) is 10.9 Å². The third-order valence-electron chi connectivity index (χ3n) is 4.92. The molecule has 1 N–H and O–H groups in total. The normalized spacial score (nSPS) is 14.1. The Bertz CT molecular complexity index is 1070. The van der Waals surface area contributed by atoms with Crippen molar-refractivity contribution in [3.8, 4) is 0 Å². The van der Waals surface area contributed by atoms with Crippen LogP contribution in [0.4, 0.5) is 26.2 Å². The van der Waals surface area contributed by atoms with Crippen LogP contribution in [0.3, 0.4) is 0 Å². The molecular weight excluding hydrogens is 377 g/mol. The SMILES string of the molecule is O=C(Nc1ccc(F)cc1)N1CCN(c2ccnc3cc([N+](=O)[O-])ccc23)CC1. The minimum Gasteiger partial charge on any atom is -0.367 e. The predicted molar refractivity (Wildman–Crippen MR) is 108 cm³/mol. The third kappa shape index (κ3) is 3.93. The van der Waals surface area contributed by atoms with Crippen molar-refractivity contribution in [2.24, 2.45) is 0 Å². The number of amides is 2. The van der Waals surface area contributed by atoms with Crippen LogP contribution in [-0.4, -0.2) is 47.0 Å². The molecule has 8 nitrogen and oxygen atoms in total. The molecule has 0 aliphatic carbocycles. The fourth-order valence-corrected chi connectivity index (χ4v) is 3.40. The van der Waals surface area contributed by atoms with E-state index in [1.165, 1.54) is 36.4 Å². The number of anilines is 2. The number of carbonyl (C=O) groups is 1. The lowest BCUT2D eigenvalue weighted by Crippen LogP contribution is -2.50. The summed E-state index contributed by atoms with van der Waals surface area (Å²) in [6.45, 7) is 2.27. The van der Waals surface area contributed by atoms with Gasteiger partial charge in [0.1, 0.15) is 5.82 Å². The van der Waals surface area contributed by atoms with Gasteiger partial charge in [-0.1, -0.05) is 0 Å². The molecule has 9 heteroatoms. The Kier molecular flexibility index (Phi) is 4.94. The molecule has 0 spiro atoms. The van der Waals surface area contributed by atoms with Crippen LogP contribution in [0.1, 0.15) is 0 Å². The van der Waals surface area contributed by atoms with Gasteiger partial charge >= 0.3 is 6.03 Å². The zero-order valence-corrected chi connectivity index (χ0v) is 15.4. The summed E-state index contributed by atoms with van der Waals surface area (Å²) in [6.07, 6.45) is 1.63. The number of urea groups is 1. The Morgan fingerprint density at radius 1 is 1.07 bits per heavy atom. The lowest BCUT2D eigenvalue weighted by Gasteiger charge is -2.36. The summed E-state index contributed by atoms with van der Waals surface area (Å²) < 4.78 is 13.0. The number of benzene rings is 2. The van der Waals surface area contributed by atoms with Crippen LogP contribution in [0, 0.1) is 15.9 Å². The average Bonchev–Trinajstić information content (AvgIpc) is 2.74. The number of piperazine rings is 1. The first-order valence-electron chi connectivity index (χ1n) is 9.11. The van der Waals surface area contributed by atoms with Crippen LogP contribution in [0.5, 0.6) is 0 Å². The molecular formula is C20H18FN5O3. The summed E-state index contributed by atoms with van der Waals surface area (Å²) in [5, 5.41) is 14.6. The number of non-ortho nitro benzene ring substituents is 1. The number of carbonyl (C=O) groups excluding carboxylic acids is 1. The molecule has 2 aromatic carbocycles. The number of hydrogen-bond acceptors (Lipinski definition) is 5. The third-order valence-corrected chi connectivity index (χ3v) is 4.92. The summed E-state index contributed by atoms with van der Waals surface area (Å²) in [5.41, 5.74) is 2.04. The monoisotopic (exact) mass is 395 g/mol. The molecule has 0 saturated carbocycles. The fraction of sp³-hybridized carbons (Fsp3) is 0.200. The second-order valence-corrected chi connectivity index (χ2v) is 6.70. The molecule has 1 aromatic heterocycles. The molecule has 1 saturated heterocycles. The van der Waals surface area contributed by atoms with Gasteiger partial charge in [0.15, 0.2) is 0 Å². The van der Waals surface area contributed by atoms with Crippen molar-refractivity contribution in [2.45, 2.75) is 0 Å². The number of nitrogens with one attached hydrogen (secondary N) is 1. The molecule has 1 aliphatic rings. The van der Waals surface area contributed by atoms with E-state index in [-0.39, 0.29) is 17.5 Å². The zero-order valence-electron chi connectivity index (χ0n) is 15.4. The molecule has 2 heterocycles. The second kappa shape index (κ2) is 7.70. The molecule has 1 fully saturated rings. The van der Waals surface area contributed by atoms with Gasteiger partial charge in [-0.25, -0.2) is 9.18 Å². The van der Waals surface area contributed by atoms with E-state index in [0.717, 1.165) is 11.1 Å². The summed E-state index contributed by atoms with van der Waals surface area (Å²) >= 11 is 0. The number of aromatic nitrogens is 1. The Hall–Kier alpha value is -3.75. The molecule has 0 bridgehead atoms. The number of hydrogen-bond donors (Lipinski definition) is 1. The Labute approximate surface area is 165 Å². The van der Waals surface area contributed by atoms with Gasteiger partial charge in [-0.05, 0) is 36.4 Å². The number of pyridine rings is 1. The highest BCUT2D eigenvalue weighted by Gasteiger charge is 2.23. The summed E-state index contributed by atoms with van der Waals surface area (Å²) in [4.78, 5) is 31.1. The lowest BCUT2D eigenvalue weighted by atomic mass is 10.1. The highest BCUT2D eigenvalue weighted by molar-refractivity contribution is 5.93. The number of nitrogens with zero attached hydrogens (tertiary/aromatic N) is 4. The van der Waals surface area contributed by atoms with Crippen LogP contribution >= 0.6 is 0 Å². The highest BCUT2D eigenvalue weighted by Crippen LogP contribution is 2.29. The molecule has 0 radical (unpaired) electrons. The van der Waals surface area contributed by atoms with Gasteiger partial charge in [-0.2, -0.15) is 0 Å². The van der Waals surface area contributed by atoms with Gasteiger partial charge in [0.2, 0.25) is 0 Å². The van der Waals surface area contributed by atoms with E-state index in [9.17, 15) is 19.3 Å². The van der Waals surface area contributed by atoms with Crippen LogP contribution in [0.2, 0.25) is 0 Å². The predicted octanol–water partition coefficient (Wildman–Crippen LogP) is 3.64. The minimum absolute atomic E-state index is 0.00411. The fourth-order valence-electron chi connectivity index (χ4n) is 3.40. The minimum atomic E-state index is -0.438. The Morgan fingerprint density at radius 2 is 1.79 bits per heavy atom. The van der Waals surface area contributed by atoms with Gasteiger partial charge in [-0.3, -0.25) is 15.1 Å². The molecule has 3 aromatic rings. The number of fused-ring (bicyclic) bond motifs is 1. The average molecular weight is 395 g/mol. The summed E-state index contributed by atoms with van der Waals surface area (Å²) in [7, 11) is 0. The number of nitro benzene ring substituents is 1. The maximum absolute atomic E-state index is 13.0. The summed E-state index contributed by atoms with van der Waals surface area (Å²) in [5.74, 6) is -0.355. The van der Waals surface area contributed by atoms with Crippen molar-refractivity contribution in [3.05, 3.63) is 70.7 Å². The number of halogens is 1. The van der Waals surface area contributed by atoms with E-state index >= 15 is 0 Å². The highest BCUT2D eigenvalue weighted by atomic mass is 19.1. The largest absolute Gasteiger partial charge is 0.367 e. The Balaban J connectivity index is 1.45. The van der Waals surface area contributed by atoms with E-state index in [2.05, 4.69) is 15.2 Å². The maximum Gasteiger partial charge on any atom is 0.321 e. The van der Waals surface area contributed by atoms with E-state index in [1.54, 1.807) is 17.2 Å². The first kappa shape index (κ1) is 18.6. The zero-order chi connectivity index (χ0) is 20.4. The second-order valence-electron chi connectivity index (χ2n) is 6.70. The van der Waals surface area contributed by atoms with Gasteiger partial charge < -0.3 is 15.1 Å². The van der Waals surface area contributed by atoms with Gasteiger partial charge in [0.25, 0.3) is 5.69 Å². The standard InChI is InChI=1S/C20H18FN5O3/c21-14-1-3-15(4-2-14)23-20(27)25-11-9-24(10-12-25)19-7-8-22-18-13-16(26(28)29)5-6-17(18)19/h1-8,13H,9-12H2,(H,23,27). The molecule has 148 valence electrons. The van der Waals surface area contributed by atoms with Crippen molar-refractivity contribution < 1.29 is 14.1 Å². The molecule has 1 aliphatic heterocycles. The van der Waals surface area contributed by atoms with Crippen molar-refractivity contribution >= 4 is 34.0 Å². The number of rotatable bonds is 3. The van der Waals surface area contributed by atoms with Gasteiger partial charge in [0.05, 0.1) is 10.4 Å². The van der Waals surface area contributed by atoms with Crippen molar-refractivity contribution in [2.75, 3.05) is 36.4 Å². The molecule has 29 heavy (non-hydrogen) atoms. The Morgan fingerprint density at radius 3 is 2.48 bits per heavy atom. The van der Waals surface area contributed by atoms with E-state index in [0.29, 0.717) is 37.4 Å². The van der Waals surface area contributed by atoms with Crippen LogP contribution in [0.15, 0.2) is 54.7 Å². The smallest absolute Gasteiger partial charge is 0.321 e. The van der Waals surface area contributed by atoms with Gasteiger partial charge in [0, 0.05) is 61.3 Å². The van der Waals surface area contributed by atoms with Crippen molar-refractivity contribution in [1.29, 1.82) is 0 Å². The molecule has 0 atom stereocenters. The number of nitro groups is 1. The van der Waals surface area contributed by atoms with Crippen molar-refractivity contribution in [3.63, 3.8) is 0 Å². The first-order valence-corrected chi connectivity index (χ1v) is 9.11. The molecule has 2 amide bonds. The quantitative estimate of drug-likeness (QED) is 0.540. The lowest BCUT2D eigenvalue weighted by molar-refractivity contribution is -0.384. The first-order chi connectivity index (χ1) is 14.0. The van der Waals surface area contributed by atoms with E-state index in [1.807, 2.05) is 6.07 Å². The summed E-state index contributed by atoms with van der Waals surface area (Å²) in [6, 6.07) is 11.9. The van der Waals surface area contributed by atoms with Crippen molar-refractivity contribution in [1.82, 2.24) is 9.88 Å². The molecule has 4 rings (SSSR count). The van der Waals surface area contributed by atoms with Gasteiger partial charge in [-0.15, -0.1) is 0 Å².